The summed E-state index contributed by atoms with van der Waals surface area (Å²) in [4.78, 5) is 28.6. The molecule has 30 heavy (non-hydrogen) atoms. The van der Waals surface area contributed by atoms with E-state index in [9.17, 15) is 18.4 Å². The van der Waals surface area contributed by atoms with E-state index in [1.165, 1.54) is 35.6 Å². The molecule has 0 atom stereocenters. The van der Waals surface area contributed by atoms with Gasteiger partial charge in [0, 0.05) is 17.7 Å². The van der Waals surface area contributed by atoms with E-state index in [0.29, 0.717) is 35.4 Å². The van der Waals surface area contributed by atoms with Gasteiger partial charge in [0.2, 0.25) is 5.91 Å². The molecule has 0 radical (unpaired) electrons. The minimum Gasteiger partial charge on any atom is -0.486 e. The molecule has 0 unspecified atom stereocenters. The Morgan fingerprint density at radius 2 is 1.83 bits per heavy atom. The van der Waals surface area contributed by atoms with E-state index >= 15 is 0 Å². The quantitative estimate of drug-likeness (QED) is 0.618. The van der Waals surface area contributed by atoms with Gasteiger partial charge in [0.1, 0.15) is 19.0 Å². The second-order valence-corrected chi connectivity index (χ2v) is 7.15. The highest BCUT2D eigenvalue weighted by Gasteiger charge is 2.16. The largest absolute Gasteiger partial charge is 0.486 e. The van der Waals surface area contributed by atoms with Crippen LogP contribution in [0.1, 0.15) is 10.4 Å². The van der Waals surface area contributed by atoms with E-state index < -0.39 is 18.4 Å². The van der Waals surface area contributed by atoms with E-state index in [4.69, 9.17) is 9.47 Å². The first-order valence-corrected chi connectivity index (χ1v) is 9.63. The summed E-state index contributed by atoms with van der Waals surface area (Å²) in [6.45, 7) is -2.29. The highest BCUT2D eigenvalue weighted by atomic mass is 32.1. The smallest absolute Gasteiger partial charge is 0.387 e. The van der Waals surface area contributed by atoms with Gasteiger partial charge in [0.05, 0.1) is 16.8 Å². The summed E-state index contributed by atoms with van der Waals surface area (Å²) in [5.41, 5.74) is 0.865. The number of nitrogens with zero attached hydrogens (tertiary/aromatic N) is 1. The van der Waals surface area contributed by atoms with Crippen molar-refractivity contribution in [1.29, 1.82) is 0 Å². The highest BCUT2D eigenvalue weighted by Crippen LogP contribution is 2.37. The van der Waals surface area contributed by atoms with Crippen LogP contribution in [0.15, 0.2) is 36.4 Å². The number of halogens is 2. The SMILES string of the molecule is O=C(CNC(=O)c1ccc(OC(F)F)cc1)Nc1nc2cc3c(cc2s1)OCCO3. The Balaban J connectivity index is 1.33. The Morgan fingerprint density at radius 3 is 2.53 bits per heavy atom. The first kappa shape index (κ1) is 19.8. The predicted octanol–water partition coefficient (Wildman–Crippen LogP) is 3.04. The zero-order valence-electron chi connectivity index (χ0n) is 15.3. The van der Waals surface area contributed by atoms with Crippen LogP contribution in [-0.4, -0.2) is 43.2 Å². The Kier molecular flexibility index (Phi) is 5.61. The fourth-order valence-electron chi connectivity index (χ4n) is 2.73. The molecular weight excluding hydrogens is 420 g/mol. The Bertz CT molecular complexity index is 1040. The number of rotatable bonds is 6. The molecule has 0 fully saturated rings. The Labute approximate surface area is 172 Å². The van der Waals surface area contributed by atoms with Gasteiger partial charge in [-0.3, -0.25) is 9.59 Å². The topological polar surface area (TPSA) is 98.8 Å². The molecule has 1 aliphatic heterocycles. The minimum absolute atomic E-state index is 0.0624. The molecule has 0 saturated carbocycles. The molecular formula is C19H15F2N3O5S. The molecule has 2 heterocycles. The summed E-state index contributed by atoms with van der Waals surface area (Å²) < 4.78 is 40.4. The van der Waals surface area contributed by atoms with Crippen molar-refractivity contribution < 1.29 is 32.6 Å². The summed E-state index contributed by atoms with van der Waals surface area (Å²) in [5, 5.41) is 5.46. The van der Waals surface area contributed by atoms with Crippen molar-refractivity contribution in [2.45, 2.75) is 6.61 Å². The van der Waals surface area contributed by atoms with Crippen LogP contribution in [0.25, 0.3) is 10.2 Å². The number of benzene rings is 2. The molecule has 1 aliphatic rings. The predicted molar refractivity (Wildman–Crippen MR) is 105 cm³/mol. The Hall–Kier alpha value is -3.47. The number of hydrogen-bond donors (Lipinski definition) is 2. The molecule has 2 amide bonds. The summed E-state index contributed by atoms with van der Waals surface area (Å²) in [6.07, 6.45) is 0. The lowest BCUT2D eigenvalue weighted by Gasteiger charge is -2.17. The van der Waals surface area contributed by atoms with Gasteiger partial charge in [0.25, 0.3) is 5.91 Å². The second-order valence-electron chi connectivity index (χ2n) is 6.12. The lowest BCUT2D eigenvalue weighted by atomic mass is 10.2. The number of hydrogen-bond acceptors (Lipinski definition) is 7. The van der Waals surface area contributed by atoms with Gasteiger partial charge in [-0.25, -0.2) is 4.98 Å². The van der Waals surface area contributed by atoms with Gasteiger partial charge in [0.15, 0.2) is 16.6 Å². The number of amides is 2. The number of anilines is 1. The first-order valence-electron chi connectivity index (χ1n) is 8.81. The maximum atomic E-state index is 12.2. The van der Waals surface area contributed by atoms with Crippen molar-refractivity contribution in [2.24, 2.45) is 0 Å². The van der Waals surface area contributed by atoms with E-state index in [1.54, 1.807) is 12.1 Å². The third-order valence-electron chi connectivity index (χ3n) is 4.05. The summed E-state index contributed by atoms with van der Waals surface area (Å²) in [7, 11) is 0. The van der Waals surface area contributed by atoms with E-state index in [0.717, 1.165) is 4.70 Å². The molecule has 3 aromatic rings. The van der Waals surface area contributed by atoms with E-state index in [1.807, 2.05) is 0 Å². The van der Waals surface area contributed by atoms with Crippen molar-refractivity contribution in [2.75, 3.05) is 25.1 Å². The standard InChI is InChI=1S/C19H15F2N3O5S/c20-18(21)29-11-3-1-10(2-4-11)17(26)22-9-16(25)24-19-23-12-7-13-14(8-15(12)30-19)28-6-5-27-13/h1-4,7-8,18H,5-6,9H2,(H,22,26)(H,23,24,25). The molecule has 8 nitrogen and oxygen atoms in total. The lowest BCUT2D eigenvalue weighted by Crippen LogP contribution is -2.32. The van der Waals surface area contributed by atoms with E-state index in [2.05, 4.69) is 20.4 Å². The van der Waals surface area contributed by atoms with Crippen LogP contribution in [0.3, 0.4) is 0 Å². The van der Waals surface area contributed by atoms with Crippen molar-refractivity contribution in [3.63, 3.8) is 0 Å². The van der Waals surface area contributed by atoms with Crippen LogP contribution in [0.4, 0.5) is 13.9 Å². The molecule has 0 saturated heterocycles. The molecule has 0 spiro atoms. The van der Waals surface area contributed by atoms with Crippen LogP contribution in [0, 0.1) is 0 Å². The van der Waals surface area contributed by atoms with Gasteiger partial charge in [-0.1, -0.05) is 11.3 Å². The normalized spacial score (nSPS) is 12.6. The van der Waals surface area contributed by atoms with Crippen LogP contribution in [0.5, 0.6) is 17.2 Å². The maximum Gasteiger partial charge on any atom is 0.387 e. The molecule has 156 valence electrons. The number of carbonyl (C=O) groups is 2. The third kappa shape index (κ3) is 4.57. The van der Waals surface area contributed by atoms with Crippen molar-refractivity contribution in [3.05, 3.63) is 42.0 Å². The number of carbonyl (C=O) groups excluding carboxylic acids is 2. The molecule has 11 heteroatoms. The Morgan fingerprint density at radius 1 is 1.13 bits per heavy atom. The average Bonchev–Trinajstić information content (AvgIpc) is 3.11. The first-order chi connectivity index (χ1) is 14.5. The summed E-state index contributed by atoms with van der Waals surface area (Å²) >= 11 is 1.27. The molecule has 2 N–H and O–H groups in total. The molecule has 0 bridgehead atoms. The molecule has 1 aromatic heterocycles. The number of fused-ring (bicyclic) bond motifs is 2. The van der Waals surface area contributed by atoms with Crippen LogP contribution < -0.4 is 24.8 Å². The fourth-order valence-corrected chi connectivity index (χ4v) is 3.62. The van der Waals surface area contributed by atoms with Gasteiger partial charge < -0.3 is 24.8 Å². The molecule has 2 aromatic carbocycles. The number of ether oxygens (including phenoxy) is 3. The van der Waals surface area contributed by atoms with Gasteiger partial charge in [-0.2, -0.15) is 8.78 Å². The molecule has 4 rings (SSSR count). The summed E-state index contributed by atoms with van der Waals surface area (Å²) in [6, 6.07) is 8.69. The summed E-state index contributed by atoms with van der Waals surface area (Å²) in [5.74, 6) is 0.187. The van der Waals surface area contributed by atoms with Crippen molar-refractivity contribution in [3.8, 4) is 17.2 Å². The monoisotopic (exact) mass is 435 g/mol. The van der Waals surface area contributed by atoms with Gasteiger partial charge in [-0.05, 0) is 24.3 Å². The number of thiazole rings is 1. The van der Waals surface area contributed by atoms with Gasteiger partial charge in [-0.15, -0.1) is 0 Å². The van der Waals surface area contributed by atoms with Crippen molar-refractivity contribution >= 4 is 38.5 Å². The number of aromatic nitrogens is 1. The fraction of sp³-hybridized carbons (Fsp3) is 0.211. The zero-order chi connectivity index (χ0) is 21.1. The average molecular weight is 435 g/mol. The van der Waals surface area contributed by atoms with Gasteiger partial charge >= 0.3 is 6.61 Å². The molecule has 0 aliphatic carbocycles. The third-order valence-corrected chi connectivity index (χ3v) is 4.98. The highest BCUT2D eigenvalue weighted by molar-refractivity contribution is 7.22. The second kappa shape index (κ2) is 8.49. The van der Waals surface area contributed by atoms with Crippen LogP contribution in [-0.2, 0) is 4.79 Å². The number of nitrogens with one attached hydrogen (secondary N) is 2. The van der Waals surface area contributed by atoms with Crippen molar-refractivity contribution in [1.82, 2.24) is 10.3 Å². The zero-order valence-corrected chi connectivity index (χ0v) is 16.1. The maximum absolute atomic E-state index is 12.2. The van der Waals surface area contributed by atoms with Crippen LogP contribution in [0.2, 0.25) is 0 Å². The number of alkyl halides is 2. The van der Waals surface area contributed by atoms with Crippen LogP contribution >= 0.6 is 11.3 Å². The van der Waals surface area contributed by atoms with E-state index in [-0.39, 0.29) is 17.9 Å². The minimum atomic E-state index is -2.94. The lowest BCUT2D eigenvalue weighted by molar-refractivity contribution is -0.115.